The molecule has 4 amide bonds. The smallest absolute Gasteiger partial charge is 0.314 e. The fourth-order valence-corrected chi connectivity index (χ4v) is 14.9. The maximum Gasteiger partial charge on any atom is 0.314 e. The van der Waals surface area contributed by atoms with Gasteiger partial charge in [-0.3, -0.25) is 9.80 Å². The molecule has 486 valence electrons. The summed E-state index contributed by atoms with van der Waals surface area (Å²) in [4.78, 5) is 29.3. The Labute approximate surface area is 537 Å². The third-order valence-corrected chi connectivity index (χ3v) is 20.0. The first kappa shape index (κ1) is 69.6. The molecule has 22 nitrogen and oxygen atoms in total. The Hall–Kier alpha value is -4.32. The molecule has 2 heterocycles. The molecule has 0 aromatic heterocycles. The first-order chi connectivity index (χ1) is 42.3. The van der Waals surface area contributed by atoms with Gasteiger partial charge in [-0.05, 0) is 161 Å². The number of piperidine rings is 2. The lowest BCUT2D eigenvalue weighted by Crippen LogP contribution is -2.49. The zero-order valence-electron chi connectivity index (χ0n) is 49.9. The Balaban J connectivity index is 0.591. The van der Waals surface area contributed by atoms with Crippen LogP contribution in [0.2, 0.25) is 20.1 Å². The van der Waals surface area contributed by atoms with Gasteiger partial charge >= 0.3 is 12.1 Å². The maximum atomic E-state index is 13.2. The van der Waals surface area contributed by atoms with E-state index >= 15 is 0 Å². The van der Waals surface area contributed by atoms with E-state index in [1.165, 1.54) is 12.1 Å². The Morgan fingerprint density at radius 3 is 1.27 bits per heavy atom. The van der Waals surface area contributed by atoms with Gasteiger partial charge in [0.05, 0.1) is 74.7 Å². The number of rotatable bonds is 33. The summed E-state index contributed by atoms with van der Waals surface area (Å²) in [6.45, 7) is 10.2. The molecule has 8 rings (SSSR count). The summed E-state index contributed by atoms with van der Waals surface area (Å²) in [6, 6.07) is 16.4. The number of nitrogens with zero attached hydrogens (tertiary/aromatic N) is 2. The van der Waals surface area contributed by atoms with Crippen molar-refractivity contribution in [2.75, 3.05) is 118 Å². The number of amides is 4. The number of nitrogens with two attached hydrogens (primary N) is 2. The van der Waals surface area contributed by atoms with Crippen molar-refractivity contribution in [3.8, 4) is 11.5 Å². The van der Waals surface area contributed by atoms with Gasteiger partial charge < -0.3 is 61.2 Å². The number of hydrogen-bond acceptors (Lipinski definition) is 16. The van der Waals surface area contributed by atoms with Gasteiger partial charge in [0.25, 0.3) is 0 Å². The summed E-state index contributed by atoms with van der Waals surface area (Å²) >= 11 is 26.2. The van der Waals surface area contributed by atoms with Crippen molar-refractivity contribution in [1.82, 2.24) is 40.5 Å². The fourth-order valence-electron chi connectivity index (χ4n) is 11.5. The van der Waals surface area contributed by atoms with Crippen molar-refractivity contribution < 1.29 is 54.8 Å². The van der Waals surface area contributed by atoms with Crippen molar-refractivity contribution in [2.45, 2.75) is 111 Å². The molecule has 4 aromatic rings. The highest BCUT2D eigenvalue weighted by molar-refractivity contribution is 7.89. The van der Waals surface area contributed by atoms with Crippen molar-refractivity contribution in [2.24, 2.45) is 11.5 Å². The van der Waals surface area contributed by atoms with E-state index in [1.54, 1.807) is 36.4 Å². The van der Waals surface area contributed by atoms with Crippen LogP contribution < -0.4 is 51.7 Å². The second-order valence-corrected chi connectivity index (χ2v) is 27.7. The van der Waals surface area contributed by atoms with Crippen LogP contribution in [-0.2, 0) is 51.8 Å². The molecule has 0 radical (unpaired) electrons. The molecule has 0 saturated carbocycles. The molecule has 0 bridgehead atoms. The number of benzene rings is 4. The summed E-state index contributed by atoms with van der Waals surface area (Å²) in [5.41, 5.74) is 17.9. The predicted molar refractivity (Wildman–Crippen MR) is 340 cm³/mol. The van der Waals surface area contributed by atoms with Crippen LogP contribution in [0.4, 0.5) is 9.59 Å². The van der Waals surface area contributed by atoms with Gasteiger partial charge in [0.15, 0.2) is 0 Å². The average molecular weight is 1340 g/mol. The van der Waals surface area contributed by atoms with Gasteiger partial charge in [-0.15, -0.1) is 0 Å². The number of carbonyl (C=O) groups is 2. The molecule has 2 aliphatic heterocycles. The van der Waals surface area contributed by atoms with Gasteiger partial charge in [0.2, 0.25) is 20.0 Å². The van der Waals surface area contributed by atoms with Gasteiger partial charge in [0, 0.05) is 95.7 Å². The fraction of sp³-hybridized carbons (Fsp3) is 0.567. The lowest BCUT2D eigenvalue weighted by molar-refractivity contribution is 0.0516. The molecule has 88 heavy (non-hydrogen) atoms. The van der Waals surface area contributed by atoms with E-state index in [0.717, 1.165) is 74.1 Å². The first-order valence-electron chi connectivity index (χ1n) is 30.1. The summed E-state index contributed by atoms with van der Waals surface area (Å²) in [6.07, 6.45) is 5.88. The number of halogens is 4. The molecular formula is C60H84Cl4N10O12S2. The highest BCUT2D eigenvalue weighted by Gasteiger charge is 2.43. The van der Waals surface area contributed by atoms with E-state index in [2.05, 4.69) is 40.5 Å². The highest BCUT2D eigenvalue weighted by Crippen LogP contribution is 2.46. The third-order valence-electron chi connectivity index (χ3n) is 15.9. The minimum atomic E-state index is -3.84. The largest absolute Gasteiger partial charge is 0.484 e. The number of likely N-dealkylation sites (tertiary alicyclic amines) is 2. The monoisotopic (exact) mass is 1340 g/mol. The minimum Gasteiger partial charge on any atom is -0.484 e. The third kappa shape index (κ3) is 20.1. The lowest BCUT2D eigenvalue weighted by atomic mass is 10.0. The number of fused-ring (bicyclic) bond motifs is 2. The molecule has 4 aromatic carbocycles. The van der Waals surface area contributed by atoms with Crippen LogP contribution in [0.1, 0.15) is 84.1 Å². The molecular weight excluding hydrogens is 1260 g/mol. The topological polar surface area (TPSA) is 288 Å². The molecule has 2 aliphatic carbocycles. The van der Waals surface area contributed by atoms with E-state index in [1.807, 2.05) is 26.0 Å². The van der Waals surface area contributed by atoms with Crippen LogP contribution >= 0.6 is 46.4 Å². The SMILES string of the molecule is Cc1cc(S(=O)(=O)NCCOCCOCCNC(=O)NCCCCNC(=O)NCCOCCOCCNS(=O)(=O)c2ccc(O[C@H]3c4cc(Cl)cc(Cl)c4C[C@@H]3N3CCC[C@@H](N)C3)c(C)c2)ccc1O[C@H]1c2cc(Cl)cc(Cl)c2C[C@@H]1N1CCC[C@@H](N)C1. The first-order valence-corrected chi connectivity index (χ1v) is 34.6. The van der Waals surface area contributed by atoms with Crippen molar-refractivity contribution in [1.29, 1.82) is 0 Å². The number of urea groups is 2. The Bertz CT molecular complexity index is 3010. The lowest BCUT2D eigenvalue weighted by Gasteiger charge is -2.38. The van der Waals surface area contributed by atoms with Crippen LogP contribution in [0.3, 0.4) is 0 Å². The number of carbonyl (C=O) groups excluding carboxylic acids is 2. The average Bonchev–Trinajstić information content (AvgIpc) is 2.55. The van der Waals surface area contributed by atoms with E-state index in [9.17, 15) is 26.4 Å². The normalized spacial score (nSPS) is 20.5. The zero-order valence-corrected chi connectivity index (χ0v) is 54.6. The van der Waals surface area contributed by atoms with Crippen LogP contribution in [0.5, 0.6) is 11.5 Å². The van der Waals surface area contributed by atoms with E-state index in [4.69, 9.17) is 86.3 Å². The Kier molecular flexibility index (Phi) is 26.7. The minimum absolute atomic E-state index is 0.000924. The summed E-state index contributed by atoms with van der Waals surface area (Å²) < 4.78 is 93.5. The van der Waals surface area contributed by atoms with Gasteiger partial charge in [-0.25, -0.2) is 35.9 Å². The molecule has 28 heteroatoms. The van der Waals surface area contributed by atoms with E-state index in [0.29, 0.717) is 81.5 Å². The Morgan fingerprint density at radius 2 is 0.898 bits per heavy atom. The zero-order chi connectivity index (χ0) is 62.8. The number of hydrogen-bond donors (Lipinski definition) is 8. The quantitative estimate of drug-likeness (QED) is 0.0235. The summed E-state index contributed by atoms with van der Waals surface area (Å²) in [7, 11) is -7.67. The molecule has 6 atom stereocenters. The van der Waals surface area contributed by atoms with E-state index in [-0.39, 0.29) is 137 Å². The number of unbranched alkanes of at least 4 members (excludes halogenated alkanes) is 1. The predicted octanol–water partition coefficient (Wildman–Crippen LogP) is 6.55. The number of sulfonamides is 2. The van der Waals surface area contributed by atoms with Gasteiger partial charge in [-0.1, -0.05) is 46.4 Å². The van der Waals surface area contributed by atoms with Crippen molar-refractivity contribution in [3.63, 3.8) is 0 Å². The molecule has 2 fully saturated rings. The summed E-state index contributed by atoms with van der Waals surface area (Å²) in [5.74, 6) is 1.13. The van der Waals surface area contributed by atoms with Crippen LogP contribution in [-0.4, -0.2) is 181 Å². The highest BCUT2D eigenvalue weighted by atomic mass is 35.5. The molecule has 0 unspecified atom stereocenters. The molecule has 10 N–H and O–H groups in total. The molecule has 4 aliphatic rings. The van der Waals surface area contributed by atoms with Crippen LogP contribution in [0, 0.1) is 13.8 Å². The summed E-state index contributed by atoms with van der Waals surface area (Å²) in [5, 5.41) is 13.2. The molecule has 2 saturated heterocycles. The van der Waals surface area contributed by atoms with Crippen LogP contribution in [0.15, 0.2) is 70.5 Å². The Morgan fingerprint density at radius 1 is 0.523 bits per heavy atom. The maximum absolute atomic E-state index is 13.2. The number of nitrogens with one attached hydrogen (secondary N) is 6. The number of ether oxygens (including phenoxy) is 6. The van der Waals surface area contributed by atoms with Crippen molar-refractivity contribution in [3.05, 3.63) is 114 Å². The molecule has 0 spiro atoms. The van der Waals surface area contributed by atoms with Crippen molar-refractivity contribution >= 4 is 78.5 Å². The van der Waals surface area contributed by atoms with Gasteiger partial charge in [-0.2, -0.15) is 0 Å². The number of aryl methyl sites for hydroxylation is 2. The van der Waals surface area contributed by atoms with Gasteiger partial charge in [0.1, 0.15) is 23.7 Å². The second kappa shape index (κ2) is 33.8. The second-order valence-electron chi connectivity index (χ2n) is 22.5. The van der Waals surface area contributed by atoms with Crippen LogP contribution in [0.25, 0.3) is 0 Å². The van der Waals surface area contributed by atoms with E-state index < -0.39 is 20.0 Å². The standard InChI is InChI=1S/C60H84Cl4N10O12S2/c1-39-29-45(9-11-55(39)85-57-49-31-41(61)33-51(63)47(49)35-53(57)73-19-5-7-43(65)37-73)87(77,78)71-17-23-83-27-25-81-21-15-69-59(75)67-13-3-4-14-68-60(76)70-16-22-82-26-28-84-24-18-72-88(79,80)46-10-12-56(40(2)30-46)86-58-50-32-42(62)34-52(64)48(50)36-54(58)74-20-6-8-44(66)38-74/h9-12,29-34,43-44,53-54,57-58,71-72H,3-8,13-28,35-38,65-66H2,1-2H3,(H2,67,69,75)(H2,68,70,76)/t43-,44-,53+,54+,57+,58+/m1/s1.